The van der Waals surface area contributed by atoms with Gasteiger partial charge in [0, 0.05) is 10.7 Å². The summed E-state index contributed by atoms with van der Waals surface area (Å²) < 4.78 is 27.8. The summed E-state index contributed by atoms with van der Waals surface area (Å²) in [4.78, 5) is 29.1. The van der Waals surface area contributed by atoms with Gasteiger partial charge in [-0.2, -0.15) is 0 Å². The number of hydrogen-bond acceptors (Lipinski definition) is 7. The standard InChI is InChI=1S/C27H22ClNO7/c1-32-17-8-6-16(7-9-17)29-23(14-11-20(33-2)25(35-4)21(12-14)34-3)22-24(30)18-13-15(28)5-10-19(18)36-26(22)27(29)31/h5-13,23H,1-4H3. The lowest BCUT2D eigenvalue weighted by Crippen LogP contribution is -2.29. The largest absolute Gasteiger partial charge is 0.497 e. The third-order valence-corrected chi connectivity index (χ3v) is 6.42. The van der Waals surface area contributed by atoms with E-state index in [1.807, 2.05) is 0 Å². The molecule has 0 spiro atoms. The van der Waals surface area contributed by atoms with Crippen molar-refractivity contribution in [3.05, 3.63) is 86.7 Å². The molecule has 1 aliphatic heterocycles. The van der Waals surface area contributed by atoms with Crippen LogP contribution in [0.4, 0.5) is 5.69 Å². The lowest BCUT2D eigenvalue weighted by Gasteiger charge is -2.26. The number of rotatable bonds is 6. The topological polar surface area (TPSA) is 87.4 Å². The maximum absolute atomic E-state index is 13.8. The minimum absolute atomic E-state index is 0.0376. The zero-order chi connectivity index (χ0) is 25.6. The van der Waals surface area contributed by atoms with Crippen LogP contribution in [0.3, 0.4) is 0 Å². The first-order valence-corrected chi connectivity index (χ1v) is 11.3. The fraction of sp³-hybridized carbons (Fsp3) is 0.185. The highest BCUT2D eigenvalue weighted by atomic mass is 35.5. The van der Waals surface area contributed by atoms with E-state index in [9.17, 15) is 9.59 Å². The fourth-order valence-corrected chi connectivity index (χ4v) is 4.70. The van der Waals surface area contributed by atoms with Crippen molar-refractivity contribution in [1.82, 2.24) is 0 Å². The molecular weight excluding hydrogens is 486 g/mol. The third kappa shape index (κ3) is 3.61. The Hall–Kier alpha value is -4.17. The number of halogens is 1. The molecule has 5 rings (SSSR count). The number of carbonyl (C=O) groups is 1. The lowest BCUT2D eigenvalue weighted by atomic mass is 9.97. The van der Waals surface area contributed by atoms with Crippen molar-refractivity contribution in [1.29, 1.82) is 0 Å². The molecule has 2 heterocycles. The predicted octanol–water partition coefficient (Wildman–Crippen LogP) is 5.23. The van der Waals surface area contributed by atoms with Crippen LogP contribution in [0.15, 0.2) is 63.8 Å². The van der Waals surface area contributed by atoms with Crippen molar-refractivity contribution in [3.63, 3.8) is 0 Å². The molecule has 1 aromatic heterocycles. The van der Waals surface area contributed by atoms with E-state index < -0.39 is 11.9 Å². The highest BCUT2D eigenvalue weighted by molar-refractivity contribution is 6.31. The number of carbonyl (C=O) groups excluding carboxylic acids is 1. The molecule has 0 aliphatic carbocycles. The first kappa shape index (κ1) is 23.6. The van der Waals surface area contributed by atoms with Crippen molar-refractivity contribution in [2.75, 3.05) is 33.3 Å². The molecule has 184 valence electrons. The molecule has 0 N–H and O–H groups in total. The van der Waals surface area contributed by atoms with Crippen LogP contribution in [0.5, 0.6) is 23.0 Å². The van der Waals surface area contributed by atoms with E-state index in [0.29, 0.717) is 39.3 Å². The predicted molar refractivity (Wildman–Crippen MR) is 135 cm³/mol. The SMILES string of the molecule is COc1ccc(N2C(=O)c3oc4ccc(Cl)cc4c(=O)c3C2c2cc(OC)c(OC)c(OC)c2)cc1. The molecule has 0 radical (unpaired) electrons. The molecule has 9 heteroatoms. The molecule has 0 saturated carbocycles. The van der Waals surface area contributed by atoms with Crippen molar-refractivity contribution in [3.8, 4) is 23.0 Å². The first-order chi connectivity index (χ1) is 17.4. The van der Waals surface area contributed by atoms with Gasteiger partial charge in [0.05, 0.1) is 45.4 Å². The molecule has 1 atom stereocenters. The average Bonchev–Trinajstić information content (AvgIpc) is 3.20. The number of ether oxygens (including phenoxy) is 4. The van der Waals surface area contributed by atoms with Crippen molar-refractivity contribution in [2.24, 2.45) is 0 Å². The Morgan fingerprint density at radius 2 is 1.50 bits per heavy atom. The molecule has 4 aromatic rings. The molecule has 36 heavy (non-hydrogen) atoms. The number of nitrogens with zero attached hydrogens (tertiary/aromatic N) is 1. The third-order valence-electron chi connectivity index (χ3n) is 6.19. The Morgan fingerprint density at radius 1 is 0.833 bits per heavy atom. The van der Waals surface area contributed by atoms with Crippen molar-refractivity contribution >= 4 is 34.2 Å². The van der Waals surface area contributed by atoms with Gasteiger partial charge in [0.2, 0.25) is 11.5 Å². The van der Waals surface area contributed by atoms with Gasteiger partial charge in [0.15, 0.2) is 16.9 Å². The van der Waals surface area contributed by atoms with Crippen LogP contribution in [0.1, 0.15) is 27.7 Å². The second-order valence-electron chi connectivity index (χ2n) is 8.05. The van der Waals surface area contributed by atoms with Crippen molar-refractivity contribution in [2.45, 2.75) is 6.04 Å². The van der Waals surface area contributed by atoms with Crippen LogP contribution < -0.4 is 29.3 Å². The molecule has 3 aromatic carbocycles. The van der Waals surface area contributed by atoms with Crippen LogP contribution in [-0.2, 0) is 0 Å². The minimum Gasteiger partial charge on any atom is -0.497 e. The highest BCUT2D eigenvalue weighted by Crippen LogP contribution is 2.46. The van der Waals surface area contributed by atoms with Gasteiger partial charge < -0.3 is 23.4 Å². The number of amides is 1. The van der Waals surface area contributed by atoms with Gasteiger partial charge in [-0.25, -0.2) is 0 Å². The van der Waals surface area contributed by atoms with Crippen LogP contribution in [-0.4, -0.2) is 34.3 Å². The maximum atomic E-state index is 13.8. The molecule has 1 aliphatic rings. The summed E-state index contributed by atoms with van der Waals surface area (Å²) in [5.74, 6) is 1.29. The smallest absolute Gasteiger partial charge is 0.295 e. The number of fused-ring (bicyclic) bond motifs is 2. The molecule has 0 saturated heterocycles. The monoisotopic (exact) mass is 507 g/mol. The Bertz CT molecular complexity index is 1520. The van der Waals surface area contributed by atoms with Gasteiger partial charge in [-0.3, -0.25) is 14.5 Å². The zero-order valence-electron chi connectivity index (χ0n) is 20.0. The Kier molecular flexibility index (Phi) is 5.97. The number of methoxy groups -OCH3 is 4. The van der Waals surface area contributed by atoms with E-state index in [4.69, 9.17) is 35.0 Å². The van der Waals surface area contributed by atoms with Gasteiger partial charge in [-0.15, -0.1) is 0 Å². The summed E-state index contributed by atoms with van der Waals surface area (Å²) in [6, 6.07) is 14.3. The normalized spacial score (nSPS) is 14.6. The van der Waals surface area contributed by atoms with E-state index in [2.05, 4.69) is 0 Å². The highest BCUT2D eigenvalue weighted by Gasteiger charge is 2.44. The van der Waals surface area contributed by atoms with Crippen LogP contribution in [0.25, 0.3) is 11.0 Å². The molecule has 0 bridgehead atoms. The average molecular weight is 508 g/mol. The van der Waals surface area contributed by atoms with Gasteiger partial charge in [0.1, 0.15) is 11.3 Å². The minimum atomic E-state index is -0.839. The number of hydrogen-bond donors (Lipinski definition) is 0. The summed E-state index contributed by atoms with van der Waals surface area (Å²) >= 11 is 6.17. The summed E-state index contributed by atoms with van der Waals surface area (Å²) in [7, 11) is 6.06. The second kappa shape index (κ2) is 9.13. The molecule has 1 amide bonds. The summed E-state index contributed by atoms with van der Waals surface area (Å²) in [5.41, 5.74) is 1.24. The van der Waals surface area contributed by atoms with E-state index >= 15 is 0 Å². The Balaban J connectivity index is 1.82. The van der Waals surface area contributed by atoms with E-state index in [1.54, 1.807) is 55.6 Å². The van der Waals surface area contributed by atoms with Gasteiger partial charge in [-0.05, 0) is 60.2 Å². The van der Waals surface area contributed by atoms with Crippen LogP contribution >= 0.6 is 11.6 Å². The lowest BCUT2D eigenvalue weighted by molar-refractivity contribution is 0.0971. The second-order valence-corrected chi connectivity index (χ2v) is 8.49. The number of benzene rings is 3. The molecule has 8 nitrogen and oxygen atoms in total. The van der Waals surface area contributed by atoms with E-state index in [1.165, 1.54) is 32.3 Å². The quantitative estimate of drug-likeness (QED) is 0.353. The summed E-state index contributed by atoms with van der Waals surface area (Å²) in [5, 5.41) is 0.665. The zero-order valence-corrected chi connectivity index (χ0v) is 20.7. The van der Waals surface area contributed by atoms with Crippen molar-refractivity contribution < 1.29 is 28.2 Å². The van der Waals surface area contributed by atoms with E-state index in [0.717, 1.165) is 0 Å². The van der Waals surface area contributed by atoms with Gasteiger partial charge in [-0.1, -0.05) is 11.6 Å². The Morgan fingerprint density at radius 3 is 2.08 bits per heavy atom. The maximum Gasteiger partial charge on any atom is 0.295 e. The van der Waals surface area contributed by atoms with Gasteiger partial charge in [0.25, 0.3) is 5.91 Å². The van der Waals surface area contributed by atoms with Crippen LogP contribution in [0, 0.1) is 0 Å². The van der Waals surface area contributed by atoms with Crippen LogP contribution in [0.2, 0.25) is 5.02 Å². The molecule has 1 unspecified atom stereocenters. The van der Waals surface area contributed by atoms with Gasteiger partial charge >= 0.3 is 0 Å². The summed E-state index contributed by atoms with van der Waals surface area (Å²) in [6.07, 6.45) is 0. The fourth-order valence-electron chi connectivity index (χ4n) is 4.53. The summed E-state index contributed by atoms with van der Waals surface area (Å²) in [6.45, 7) is 0. The Labute approximate surface area is 211 Å². The first-order valence-electron chi connectivity index (χ1n) is 11.0. The number of anilines is 1. The van der Waals surface area contributed by atoms with E-state index in [-0.39, 0.29) is 27.7 Å². The molecular formula is C27H22ClNO7. The molecule has 0 fully saturated rings.